The van der Waals surface area contributed by atoms with Gasteiger partial charge in [-0.05, 0) is 30.7 Å². The smallest absolute Gasteiger partial charge is 0.262 e. The van der Waals surface area contributed by atoms with Crippen molar-refractivity contribution < 1.29 is 14.3 Å². The van der Waals surface area contributed by atoms with Crippen molar-refractivity contribution >= 4 is 45.6 Å². The standard InChI is InChI=1S/C20H18N4O3S2/c1-12(18(26)14-7-8-16-15(9-14)22-17(25)11-27-16)28-20-24-23-19(29-20)21-10-13-5-3-2-4-6-13/h2-9,12H,10-11H2,1H3,(H,21,23)(H,22,25)/t12-/m1/s1. The van der Waals surface area contributed by atoms with Crippen LogP contribution in [-0.2, 0) is 11.3 Å². The predicted octanol–water partition coefficient (Wildman–Crippen LogP) is 3.84. The van der Waals surface area contributed by atoms with Crippen LogP contribution in [0.2, 0.25) is 0 Å². The molecular formula is C20H18N4O3S2. The highest BCUT2D eigenvalue weighted by atomic mass is 32.2. The number of nitrogens with one attached hydrogen (secondary N) is 2. The van der Waals surface area contributed by atoms with Crippen LogP contribution in [0.25, 0.3) is 0 Å². The molecule has 0 radical (unpaired) electrons. The number of thioether (sulfide) groups is 1. The summed E-state index contributed by atoms with van der Waals surface area (Å²) in [5.74, 6) is 0.292. The summed E-state index contributed by atoms with van der Waals surface area (Å²) >= 11 is 2.78. The summed E-state index contributed by atoms with van der Waals surface area (Å²) in [6, 6.07) is 15.1. The van der Waals surface area contributed by atoms with Crippen LogP contribution in [0.5, 0.6) is 5.75 Å². The molecule has 7 nitrogen and oxygen atoms in total. The van der Waals surface area contributed by atoms with E-state index in [0.717, 1.165) is 9.90 Å². The summed E-state index contributed by atoms with van der Waals surface area (Å²) in [4.78, 5) is 24.3. The summed E-state index contributed by atoms with van der Waals surface area (Å²) in [5, 5.41) is 14.6. The van der Waals surface area contributed by atoms with Gasteiger partial charge in [-0.3, -0.25) is 9.59 Å². The highest BCUT2D eigenvalue weighted by molar-refractivity contribution is 8.02. The fourth-order valence-electron chi connectivity index (χ4n) is 2.78. The van der Waals surface area contributed by atoms with Crippen molar-refractivity contribution in [3.63, 3.8) is 0 Å². The van der Waals surface area contributed by atoms with Crippen LogP contribution < -0.4 is 15.4 Å². The minimum Gasteiger partial charge on any atom is -0.482 e. The number of hydrogen-bond acceptors (Lipinski definition) is 8. The Morgan fingerprint density at radius 3 is 2.93 bits per heavy atom. The first-order valence-corrected chi connectivity index (χ1v) is 10.7. The molecule has 2 heterocycles. The van der Waals surface area contributed by atoms with Crippen molar-refractivity contribution in [2.45, 2.75) is 23.1 Å². The number of anilines is 2. The van der Waals surface area contributed by atoms with Crippen LogP contribution in [0, 0.1) is 0 Å². The highest BCUT2D eigenvalue weighted by Gasteiger charge is 2.22. The van der Waals surface area contributed by atoms with Crippen molar-refractivity contribution in [1.82, 2.24) is 10.2 Å². The fraction of sp³-hybridized carbons (Fsp3) is 0.200. The number of carbonyl (C=O) groups is 2. The van der Waals surface area contributed by atoms with Crippen LogP contribution in [0.1, 0.15) is 22.8 Å². The maximum atomic E-state index is 12.8. The quantitative estimate of drug-likeness (QED) is 0.438. The van der Waals surface area contributed by atoms with Crippen molar-refractivity contribution in [1.29, 1.82) is 0 Å². The van der Waals surface area contributed by atoms with Gasteiger partial charge in [-0.2, -0.15) is 0 Å². The number of nitrogens with zero attached hydrogens (tertiary/aromatic N) is 2. The van der Waals surface area contributed by atoms with Gasteiger partial charge in [0.25, 0.3) is 5.91 Å². The number of ether oxygens (including phenoxy) is 1. The molecule has 2 aromatic carbocycles. The second-order valence-electron chi connectivity index (χ2n) is 6.38. The van der Waals surface area contributed by atoms with Crippen LogP contribution in [0.3, 0.4) is 0 Å². The van der Waals surface area contributed by atoms with E-state index in [1.807, 2.05) is 37.3 Å². The average Bonchev–Trinajstić information content (AvgIpc) is 3.19. The van der Waals surface area contributed by atoms with Gasteiger partial charge in [-0.15, -0.1) is 10.2 Å². The van der Waals surface area contributed by atoms with Crippen molar-refractivity contribution in [3.05, 3.63) is 59.7 Å². The molecule has 1 aliphatic rings. The normalized spacial score (nSPS) is 13.8. The number of rotatable bonds is 7. The zero-order chi connectivity index (χ0) is 20.2. The first-order valence-electron chi connectivity index (χ1n) is 8.97. The van der Waals surface area contributed by atoms with Crippen LogP contribution in [0.15, 0.2) is 52.9 Å². The molecule has 2 N–H and O–H groups in total. The third kappa shape index (κ3) is 4.75. The first-order chi connectivity index (χ1) is 14.1. The second-order valence-corrected chi connectivity index (χ2v) is 8.95. The minimum absolute atomic E-state index is 0.00969. The Labute approximate surface area is 175 Å². The molecule has 9 heteroatoms. The summed E-state index contributed by atoms with van der Waals surface area (Å²) in [6.45, 7) is 2.49. The molecule has 0 spiro atoms. The lowest BCUT2D eigenvalue weighted by Crippen LogP contribution is -2.25. The van der Waals surface area contributed by atoms with Crippen LogP contribution >= 0.6 is 23.1 Å². The van der Waals surface area contributed by atoms with E-state index in [-0.39, 0.29) is 23.5 Å². The molecule has 1 aliphatic heterocycles. The van der Waals surface area contributed by atoms with Crippen LogP contribution in [0.4, 0.5) is 10.8 Å². The van der Waals surface area contributed by atoms with E-state index >= 15 is 0 Å². The van der Waals surface area contributed by atoms with Crippen LogP contribution in [-0.4, -0.2) is 33.7 Å². The number of aromatic nitrogens is 2. The maximum absolute atomic E-state index is 12.8. The number of hydrogen-bond donors (Lipinski definition) is 2. The maximum Gasteiger partial charge on any atom is 0.262 e. The summed E-state index contributed by atoms with van der Waals surface area (Å²) in [5.41, 5.74) is 2.19. The largest absolute Gasteiger partial charge is 0.482 e. The molecule has 29 heavy (non-hydrogen) atoms. The third-order valence-electron chi connectivity index (χ3n) is 4.24. The summed E-state index contributed by atoms with van der Waals surface area (Å²) < 4.78 is 6.05. The van der Waals surface area contributed by atoms with E-state index in [1.54, 1.807) is 18.2 Å². The summed E-state index contributed by atoms with van der Waals surface area (Å²) in [6.07, 6.45) is 0. The number of fused-ring (bicyclic) bond motifs is 1. The summed E-state index contributed by atoms with van der Waals surface area (Å²) in [7, 11) is 0. The van der Waals surface area contributed by atoms with Gasteiger partial charge >= 0.3 is 0 Å². The topological polar surface area (TPSA) is 93.2 Å². The Morgan fingerprint density at radius 1 is 1.28 bits per heavy atom. The Bertz CT molecular complexity index is 1040. The number of Topliss-reactive ketones (excluding diaryl/α,β-unsaturated/α-hetero) is 1. The molecule has 3 aromatic rings. The van der Waals surface area contributed by atoms with Gasteiger partial charge in [0.05, 0.1) is 10.9 Å². The number of benzene rings is 2. The Balaban J connectivity index is 1.37. The van der Waals surface area contributed by atoms with Gasteiger partial charge in [0.15, 0.2) is 16.7 Å². The molecule has 148 valence electrons. The van der Waals surface area contributed by atoms with Gasteiger partial charge in [0.2, 0.25) is 5.13 Å². The van der Waals surface area contributed by atoms with E-state index in [9.17, 15) is 9.59 Å². The van der Waals surface area contributed by atoms with Crippen molar-refractivity contribution in [2.75, 3.05) is 17.2 Å². The van der Waals surface area contributed by atoms with Gasteiger partial charge in [0.1, 0.15) is 5.75 Å². The van der Waals surface area contributed by atoms with Crippen molar-refractivity contribution in [2.24, 2.45) is 0 Å². The molecule has 4 rings (SSSR count). The van der Waals surface area contributed by atoms with E-state index in [1.165, 1.54) is 23.1 Å². The van der Waals surface area contributed by atoms with E-state index in [0.29, 0.717) is 28.7 Å². The zero-order valence-electron chi connectivity index (χ0n) is 15.5. The molecule has 1 amide bonds. The molecule has 0 fully saturated rings. The van der Waals surface area contributed by atoms with Gasteiger partial charge < -0.3 is 15.4 Å². The Kier molecular flexibility index (Phi) is 5.77. The SMILES string of the molecule is C[C@@H](Sc1nnc(NCc2ccccc2)s1)C(=O)c1ccc2c(c1)NC(=O)CO2. The molecule has 1 atom stereocenters. The lowest BCUT2D eigenvalue weighted by atomic mass is 10.1. The lowest BCUT2D eigenvalue weighted by Gasteiger charge is -2.18. The first kappa shape index (κ1) is 19.4. The third-order valence-corrected chi connectivity index (χ3v) is 6.30. The van der Waals surface area contributed by atoms with E-state index in [4.69, 9.17) is 4.74 Å². The minimum atomic E-state index is -0.344. The monoisotopic (exact) mass is 426 g/mol. The molecule has 1 aromatic heterocycles. The van der Waals surface area contributed by atoms with E-state index < -0.39 is 0 Å². The molecule has 0 bridgehead atoms. The van der Waals surface area contributed by atoms with E-state index in [2.05, 4.69) is 20.8 Å². The zero-order valence-corrected chi connectivity index (χ0v) is 17.2. The number of ketones is 1. The fourth-order valence-corrected chi connectivity index (χ4v) is 4.75. The highest BCUT2D eigenvalue weighted by Crippen LogP contribution is 2.33. The average molecular weight is 427 g/mol. The van der Waals surface area contributed by atoms with Crippen molar-refractivity contribution in [3.8, 4) is 5.75 Å². The predicted molar refractivity (Wildman–Crippen MR) is 114 cm³/mol. The van der Waals surface area contributed by atoms with Gasteiger partial charge in [-0.25, -0.2) is 0 Å². The molecular weight excluding hydrogens is 408 g/mol. The lowest BCUT2D eigenvalue weighted by molar-refractivity contribution is -0.118. The number of carbonyl (C=O) groups excluding carboxylic acids is 2. The number of amides is 1. The Hall–Kier alpha value is -2.91. The molecule has 0 unspecified atom stereocenters. The Morgan fingerprint density at radius 2 is 2.10 bits per heavy atom. The molecule has 0 aliphatic carbocycles. The molecule has 0 saturated heterocycles. The van der Waals surface area contributed by atoms with Gasteiger partial charge in [-0.1, -0.05) is 53.4 Å². The second kappa shape index (κ2) is 8.62. The van der Waals surface area contributed by atoms with Gasteiger partial charge in [0, 0.05) is 12.1 Å². The molecule has 0 saturated carbocycles.